The maximum atomic E-state index is 13.7. The summed E-state index contributed by atoms with van der Waals surface area (Å²) in [5.41, 5.74) is 0.939. The molecule has 6 rings (SSSR count). The maximum Gasteiger partial charge on any atom is 0.187 e. The molecule has 2 saturated heterocycles. The van der Waals surface area contributed by atoms with E-state index in [2.05, 4.69) is 19.9 Å². The fourth-order valence-electron chi connectivity index (χ4n) is 11.1. The Morgan fingerprint density at radius 2 is 1.63 bits per heavy atom. The Bertz CT molecular complexity index is 1320. The van der Waals surface area contributed by atoms with Gasteiger partial charge in [-0.3, -0.25) is 9.59 Å². The summed E-state index contributed by atoms with van der Waals surface area (Å²) < 4.78 is 23.9. The van der Waals surface area contributed by atoms with Crippen LogP contribution in [0, 0.1) is 46.3 Å². The summed E-state index contributed by atoms with van der Waals surface area (Å²) in [6.07, 6.45) is -5.47. The van der Waals surface area contributed by atoms with E-state index in [1.54, 1.807) is 0 Å². The molecule has 0 amide bonds. The highest BCUT2D eigenvalue weighted by Gasteiger charge is 2.62. The maximum absolute atomic E-state index is 13.7. The Morgan fingerprint density at radius 1 is 0.904 bits per heavy atom. The van der Waals surface area contributed by atoms with E-state index >= 15 is 0 Å². The molecule has 2 aliphatic heterocycles. The van der Waals surface area contributed by atoms with Crippen LogP contribution in [0.3, 0.4) is 0 Å². The highest BCUT2D eigenvalue weighted by Crippen LogP contribution is 2.66. The fourth-order valence-corrected chi connectivity index (χ4v) is 11.1. The lowest BCUT2D eigenvalue weighted by atomic mass is 9.47. The number of allylic oxidation sites excluding steroid dienone is 1. The predicted molar refractivity (Wildman–Crippen MR) is 185 cm³/mol. The molecule has 0 aromatic heterocycles. The Kier molecular flexibility index (Phi) is 12.1. The highest BCUT2D eigenvalue weighted by atomic mass is 16.8. The predicted octanol–water partition coefficient (Wildman–Crippen LogP) is 1.40. The zero-order chi connectivity index (χ0) is 37.9. The summed E-state index contributed by atoms with van der Waals surface area (Å²) in [5, 5.41) is 72.2. The van der Waals surface area contributed by atoms with Crippen LogP contribution in [0.5, 0.6) is 0 Å². The molecule has 296 valence electrons. The number of ether oxygens (including phenoxy) is 4. The van der Waals surface area contributed by atoms with Crippen molar-refractivity contribution in [3.63, 3.8) is 0 Å². The second kappa shape index (κ2) is 15.6. The molecule has 19 atom stereocenters. The van der Waals surface area contributed by atoms with E-state index in [-0.39, 0.29) is 58.8 Å². The number of rotatable bonds is 11. The summed E-state index contributed by atoms with van der Waals surface area (Å²) in [6.45, 7) is 9.41. The highest BCUT2D eigenvalue weighted by molar-refractivity contribution is 5.92. The first-order chi connectivity index (χ1) is 24.5. The first-order valence-electron chi connectivity index (χ1n) is 19.5. The molecule has 2 heterocycles. The van der Waals surface area contributed by atoms with Crippen LogP contribution in [0.15, 0.2) is 11.6 Å². The van der Waals surface area contributed by atoms with Crippen molar-refractivity contribution in [3.8, 4) is 0 Å². The number of carbonyl (C=O) groups is 2. The van der Waals surface area contributed by atoms with Gasteiger partial charge in [-0.25, -0.2) is 0 Å². The SMILES string of the molecule is CC1O[C@@H](OC2[C@H](OC3CC[C@@]4(C)C(=CC[C@H]5[C@@H]6CC(=O)[C@H]([C@H](C)C(=O)CC[C@@H](C)CO)[C@@]6(C)CC[C@@H]54)C3)OC(CO)[C@@H](O)[C@@H]2O)C(O)[C@@H](O)[C@H]1O. The molecule has 0 aromatic rings. The van der Waals surface area contributed by atoms with E-state index in [0.29, 0.717) is 43.9 Å². The van der Waals surface area contributed by atoms with Gasteiger partial charge in [-0.05, 0) is 86.4 Å². The lowest BCUT2D eigenvalue weighted by Crippen LogP contribution is -2.64. The van der Waals surface area contributed by atoms with Crippen molar-refractivity contribution in [1.82, 2.24) is 0 Å². The van der Waals surface area contributed by atoms with Gasteiger partial charge in [-0.15, -0.1) is 0 Å². The number of aliphatic hydroxyl groups is 7. The van der Waals surface area contributed by atoms with Crippen molar-refractivity contribution < 1.29 is 64.3 Å². The summed E-state index contributed by atoms with van der Waals surface area (Å²) in [4.78, 5) is 27.0. The molecule has 0 bridgehead atoms. The monoisotopic (exact) mass is 738 g/mol. The normalized spacial score (nSPS) is 49.0. The number of hydrogen-bond donors (Lipinski definition) is 7. The Balaban J connectivity index is 1.15. The van der Waals surface area contributed by atoms with Crippen molar-refractivity contribution >= 4 is 11.6 Å². The first kappa shape index (κ1) is 40.3. The molecule has 13 heteroatoms. The number of ketones is 2. The summed E-state index contributed by atoms with van der Waals surface area (Å²) in [6, 6.07) is 0. The van der Waals surface area contributed by atoms with Crippen molar-refractivity contribution in [2.45, 2.75) is 160 Å². The van der Waals surface area contributed by atoms with Crippen LogP contribution >= 0.6 is 0 Å². The van der Waals surface area contributed by atoms with Gasteiger partial charge < -0.3 is 54.7 Å². The Labute approximate surface area is 306 Å². The largest absolute Gasteiger partial charge is 0.396 e. The molecule has 5 unspecified atom stereocenters. The molecule has 0 spiro atoms. The van der Waals surface area contributed by atoms with Gasteiger partial charge in [-0.1, -0.05) is 39.3 Å². The minimum atomic E-state index is -1.64. The number of Topliss-reactive ketones (excluding diaryl/α,β-unsaturated/α-hetero) is 2. The molecular weight excluding hydrogens is 676 g/mol. The van der Waals surface area contributed by atoms with Gasteiger partial charge in [0.25, 0.3) is 0 Å². The molecule has 4 aliphatic carbocycles. The zero-order valence-electron chi connectivity index (χ0n) is 31.3. The van der Waals surface area contributed by atoms with Gasteiger partial charge in [0.2, 0.25) is 0 Å². The molecule has 0 radical (unpaired) electrons. The molecule has 13 nitrogen and oxygen atoms in total. The van der Waals surface area contributed by atoms with Crippen LogP contribution in [0.4, 0.5) is 0 Å². The standard InChI is InChI=1S/C39H62O13/c1-18(16-40)6-9-26(42)19(2)29-27(43)15-25-23-8-7-21-14-22(10-12-38(21,4)24(23)11-13-39(25,29)5)50-37-35(33(47)31(45)28(17-41)51-37)52-36-34(48)32(46)30(44)20(3)49-36/h7,18-20,22-25,28-37,40-41,44-48H,6,8-17H2,1-5H3/t18-,19-,20?,22?,23-,24+,25+,28?,29+,30+,31-,32+,33+,34?,35?,36+,37-,38+,39+/m1/s1. The smallest absolute Gasteiger partial charge is 0.187 e. The van der Waals surface area contributed by atoms with Crippen molar-refractivity contribution in [2.75, 3.05) is 13.2 Å². The third-order valence-electron chi connectivity index (χ3n) is 14.4. The van der Waals surface area contributed by atoms with Crippen LogP contribution in [-0.4, -0.2) is 128 Å². The van der Waals surface area contributed by atoms with E-state index < -0.39 is 68.0 Å². The number of aliphatic hydroxyl groups excluding tert-OH is 7. The number of carbonyl (C=O) groups excluding carboxylic acids is 2. The van der Waals surface area contributed by atoms with Crippen LogP contribution in [0.1, 0.15) is 92.4 Å². The van der Waals surface area contributed by atoms with Crippen LogP contribution in [0.2, 0.25) is 0 Å². The Hall–Kier alpha value is -1.36. The van der Waals surface area contributed by atoms with Gasteiger partial charge in [0.15, 0.2) is 12.6 Å². The number of fused-ring (bicyclic) bond motifs is 5. The molecule has 0 aromatic carbocycles. The first-order valence-corrected chi connectivity index (χ1v) is 19.5. The van der Waals surface area contributed by atoms with Gasteiger partial charge in [0, 0.05) is 31.3 Å². The van der Waals surface area contributed by atoms with E-state index in [1.165, 1.54) is 12.5 Å². The quantitative estimate of drug-likeness (QED) is 0.150. The summed E-state index contributed by atoms with van der Waals surface area (Å²) >= 11 is 0. The minimum Gasteiger partial charge on any atom is -0.396 e. The topological polar surface area (TPSA) is 213 Å². The molecular formula is C39H62O13. The molecule has 3 saturated carbocycles. The van der Waals surface area contributed by atoms with E-state index in [0.717, 1.165) is 25.7 Å². The zero-order valence-corrected chi connectivity index (χ0v) is 31.3. The van der Waals surface area contributed by atoms with Gasteiger partial charge in [0.05, 0.1) is 18.8 Å². The minimum absolute atomic E-state index is 0.0488. The fraction of sp³-hybridized carbons (Fsp3) is 0.897. The summed E-state index contributed by atoms with van der Waals surface area (Å²) in [5.74, 6) is 0.680. The van der Waals surface area contributed by atoms with Crippen molar-refractivity contribution in [2.24, 2.45) is 46.3 Å². The molecule has 52 heavy (non-hydrogen) atoms. The van der Waals surface area contributed by atoms with Crippen LogP contribution < -0.4 is 0 Å². The third-order valence-corrected chi connectivity index (χ3v) is 14.4. The molecule has 7 N–H and O–H groups in total. The Morgan fingerprint density at radius 3 is 2.33 bits per heavy atom. The number of hydrogen-bond acceptors (Lipinski definition) is 13. The van der Waals surface area contributed by atoms with Gasteiger partial charge in [-0.2, -0.15) is 0 Å². The van der Waals surface area contributed by atoms with Crippen LogP contribution in [-0.2, 0) is 28.5 Å². The van der Waals surface area contributed by atoms with E-state index in [1.807, 2.05) is 13.8 Å². The van der Waals surface area contributed by atoms with E-state index in [9.17, 15) is 45.3 Å². The van der Waals surface area contributed by atoms with Crippen molar-refractivity contribution in [1.29, 1.82) is 0 Å². The second-order valence-electron chi connectivity index (χ2n) is 17.5. The summed E-state index contributed by atoms with van der Waals surface area (Å²) in [7, 11) is 0. The lowest BCUT2D eigenvalue weighted by molar-refractivity contribution is -0.369. The average molecular weight is 739 g/mol. The van der Waals surface area contributed by atoms with E-state index in [4.69, 9.17) is 18.9 Å². The van der Waals surface area contributed by atoms with Gasteiger partial charge in [0.1, 0.15) is 54.3 Å². The average Bonchev–Trinajstić information content (AvgIpc) is 3.40. The second-order valence-corrected chi connectivity index (χ2v) is 17.5. The van der Waals surface area contributed by atoms with Gasteiger partial charge >= 0.3 is 0 Å². The molecule has 5 fully saturated rings. The molecule has 6 aliphatic rings. The lowest BCUT2D eigenvalue weighted by Gasteiger charge is -2.58. The van der Waals surface area contributed by atoms with Crippen LogP contribution in [0.25, 0.3) is 0 Å². The third kappa shape index (κ3) is 7.11. The van der Waals surface area contributed by atoms with Crippen molar-refractivity contribution in [3.05, 3.63) is 11.6 Å².